The van der Waals surface area contributed by atoms with Gasteiger partial charge in [0.1, 0.15) is 5.82 Å². The van der Waals surface area contributed by atoms with Crippen molar-refractivity contribution in [1.29, 1.82) is 0 Å². The first-order valence-electron chi connectivity index (χ1n) is 6.77. The Balaban J connectivity index is 1.91. The fourth-order valence-corrected chi connectivity index (χ4v) is 2.63. The summed E-state index contributed by atoms with van der Waals surface area (Å²) in [5.41, 5.74) is 7.82. The molecule has 1 aromatic rings. The number of allylic oxidation sites excluding steroid dienone is 1. The van der Waals surface area contributed by atoms with E-state index in [0.717, 1.165) is 13.0 Å². The predicted octanol–water partition coefficient (Wildman–Crippen LogP) is 3.57. The molecule has 0 radical (unpaired) electrons. The van der Waals surface area contributed by atoms with Crippen molar-refractivity contribution in [1.82, 2.24) is 5.32 Å². The molecule has 1 unspecified atom stereocenters. The summed E-state index contributed by atoms with van der Waals surface area (Å²) in [6.45, 7) is 1.20. The van der Waals surface area contributed by atoms with Gasteiger partial charge in [-0.25, -0.2) is 4.39 Å². The molecule has 2 nitrogen and oxygen atoms in total. The van der Waals surface area contributed by atoms with Crippen LogP contribution in [-0.2, 0) is 0 Å². The lowest BCUT2D eigenvalue weighted by molar-refractivity contribution is 0.507. The summed E-state index contributed by atoms with van der Waals surface area (Å²) in [6, 6.07) is 4.58. The molecule has 0 saturated heterocycles. The Morgan fingerprint density at radius 2 is 2.26 bits per heavy atom. The fourth-order valence-electron chi connectivity index (χ4n) is 2.48. The van der Waals surface area contributed by atoms with Crippen molar-refractivity contribution < 1.29 is 4.39 Å². The number of nitrogens with two attached hydrogens (primary N) is 1. The third kappa shape index (κ3) is 4.03. The Hall–Kier alpha value is -0.900. The second-order valence-corrected chi connectivity index (χ2v) is 5.35. The van der Waals surface area contributed by atoms with Crippen LogP contribution >= 0.6 is 11.6 Å². The van der Waals surface area contributed by atoms with Crippen LogP contribution in [-0.4, -0.2) is 13.1 Å². The third-order valence-electron chi connectivity index (χ3n) is 3.55. The summed E-state index contributed by atoms with van der Waals surface area (Å²) in [5, 5.41) is 3.73. The standard InChI is InChI=1S/C15H20ClFN2/c16-12-5-6-13(14(17)9-12)15(10-18)19-8-7-11-3-1-2-4-11/h3,5-6,9,15,19H,1-2,4,7-8,10,18H2. The van der Waals surface area contributed by atoms with Gasteiger partial charge in [0.2, 0.25) is 0 Å². The van der Waals surface area contributed by atoms with E-state index in [4.69, 9.17) is 17.3 Å². The molecule has 0 heterocycles. The second kappa shape index (κ2) is 7.04. The molecule has 3 N–H and O–H groups in total. The summed E-state index contributed by atoms with van der Waals surface area (Å²) >= 11 is 5.76. The van der Waals surface area contributed by atoms with Crippen molar-refractivity contribution in [3.8, 4) is 0 Å². The molecular weight excluding hydrogens is 263 g/mol. The van der Waals surface area contributed by atoms with E-state index in [1.54, 1.807) is 12.1 Å². The van der Waals surface area contributed by atoms with E-state index in [1.807, 2.05) is 0 Å². The van der Waals surface area contributed by atoms with Crippen LogP contribution in [0.2, 0.25) is 5.02 Å². The van der Waals surface area contributed by atoms with Crippen LogP contribution < -0.4 is 11.1 Å². The molecule has 0 aliphatic heterocycles. The van der Waals surface area contributed by atoms with Crippen LogP contribution in [0.25, 0.3) is 0 Å². The van der Waals surface area contributed by atoms with E-state index in [1.165, 1.54) is 30.9 Å². The summed E-state index contributed by atoms with van der Waals surface area (Å²) in [5.74, 6) is -0.296. The minimum atomic E-state index is -0.296. The minimum absolute atomic E-state index is 0.153. The van der Waals surface area contributed by atoms with Crippen molar-refractivity contribution in [3.05, 3.63) is 46.3 Å². The van der Waals surface area contributed by atoms with Gasteiger partial charge in [-0.2, -0.15) is 0 Å². The van der Waals surface area contributed by atoms with E-state index in [-0.39, 0.29) is 11.9 Å². The highest BCUT2D eigenvalue weighted by Gasteiger charge is 2.14. The number of halogens is 2. The van der Waals surface area contributed by atoms with E-state index in [2.05, 4.69) is 11.4 Å². The first-order chi connectivity index (χ1) is 9.20. The monoisotopic (exact) mass is 282 g/mol. The van der Waals surface area contributed by atoms with Crippen LogP contribution in [0.4, 0.5) is 4.39 Å². The molecule has 0 amide bonds. The molecule has 0 bridgehead atoms. The number of benzene rings is 1. The largest absolute Gasteiger partial charge is 0.329 e. The van der Waals surface area contributed by atoms with Gasteiger partial charge < -0.3 is 11.1 Å². The number of nitrogens with one attached hydrogen (secondary N) is 1. The lowest BCUT2D eigenvalue weighted by Gasteiger charge is -2.18. The van der Waals surface area contributed by atoms with Crippen LogP contribution in [0.5, 0.6) is 0 Å². The molecule has 4 heteroatoms. The van der Waals surface area contributed by atoms with Crippen LogP contribution in [0, 0.1) is 5.82 Å². The summed E-state index contributed by atoms with van der Waals surface area (Å²) in [6.07, 6.45) is 6.99. The molecule has 104 valence electrons. The van der Waals surface area contributed by atoms with Gasteiger partial charge in [0.25, 0.3) is 0 Å². The van der Waals surface area contributed by atoms with E-state index < -0.39 is 0 Å². The quantitative estimate of drug-likeness (QED) is 0.783. The highest BCUT2D eigenvalue weighted by molar-refractivity contribution is 6.30. The summed E-state index contributed by atoms with van der Waals surface area (Å²) in [4.78, 5) is 0. The molecule has 0 fully saturated rings. The van der Waals surface area contributed by atoms with E-state index >= 15 is 0 Å². The Labute approximate surface area is 118 Å². The first kappa shape index (κ1) is 14.5. The maximum atomic E-state index is 13.8. The van der Waals surface area contributed by atoms with Crippen molar-refractivity contribution in [3.63, 3.8) is 0 Å². The number of rotatable bonds is 6. The number of hydrogen-bond donors (Lipinski definition) is 2. The van der Waals surface area contributed by atoms with E-state index in [0.29, 0.717) is 17.1 Å². The SMILES string of the molecule is NCC(NCCC1=CCCC1)c1ccc(Cl)cc1F. The summed E-state index contributed by atoms with van der Waals surface area (Å²) in [7, 11) is 0. The Bertz CT molecular complexity index is 459. The highest BCUT2D eigenvalue weighted by atomic mass is 35.5. The van der Waals surface area contributed by atoms with Gasteiger partial charge in [0.15, 0.2) is 0 Å². The average Bonchev–Trinajstić information content (AvgIpc) is 2.89. The predicted molar refractivity (Wildman–Crippen MR) is 77.8 cm³/mol. The lowest BCUT2D eigenvalue weighted by atomic mass is 10.1. The van der Waals surface area contributed by atoms with Gasteiger partial charge in [-0.3, -0.25) is 0 Å². The van der Waals surface area contributed by atoms with Crippen LogP contribution in [0.3, 0.4) is 0 Å². The van der Waals surface area contributed by atoms with Gasteiger partial charge >= 0.3 is 0 Å². The minimum Gasteiger partial charge on any atom is -0.329 e. The molecule has 0 saturated carbocycles. The molecular formula is C15H20ClFN2. The average molecular weight is 283 g/mol. The van der Waals surface area contributed by atoms with Gasteiger partial charge in [0, 0.05) is 23.2 Å². The second-order valence-electron chi connectivity index (χ2n) is 4.91. The van der Waals surface area contributed by atoms with Gasteiger partial charge in [-0.15, -0.1) is 0 Å². The molecule has 1 atom stereocenters. The Morgan fingerprint density at radius 3 is 2.89 bits per heavy atom. The van der Waals surface area contributed by atoms with E-state index in [9.17, 15) is 4.39 Å². The molecule has 1 aromatic carbocycles. The van der Waals surface area contributed by atoms with Gasteiger partial charge in [0.05, 0.1) is 0 Å². The fraction of sp³-hybridized carbons (Fsp3) is 0.467. The van der Waals surface area contributed by atoms with Crippen LogP contribution in [0.15, 0.2) is 29.8 Å². The zero-order valence-corrected chi connectivity index (χ0v) is 11.7. The number of hydrogen-bond acceptors (Lipinski definition) is 2. The van der Waals surface area contributed by atoms with Gasteiger partial charge in [-0.1, -0.05) is 29.3 Å². The maximum Gasteiger partial charge on any atom is 0.129 e. The third-order valence-corrected chi connectivity index (χ3v) is 3.78. The zero-order chi connectivity index (χ0) is 13.7. The maximum absolute atomic E-state index is 13.8. The molecule has 1 aliphatic rings. The lowest BCUT2D eigenvalue weighted by Crippen LogP contribution is -2.29. The zero-order valence-electron chi connectivity index (χ0n) is 11.0. The van der Waals surface area contributed by atoms with Crippen molar-refractivity contribution in [2.45, 2.75) is 31.7 Å². The molecule has 0 aromatic heterocycles. The smallest absolute Gasteiger partial charge is 0.129 e. The van der Waals surface area contributed by atoms with Gasteiger partial charge in [-0.05, 0) is 44.4 Å². The Morgan fingerprint density at radius 1 is 1.42 bits per heavy atom. The van der Waals surface area contributed by atoms with Crippen molar-refractivity contribution >= 4 is 11.6 Å². The Kier molecular flexibility index (Phi) is 5.37. The van der Waals surface area contributed by atoms with Crippen molar-refractivity contribution in [2.24, 2.45) is 5.73 Å². The normalized spacial score (nSPS) is 16.5. The molecule has 19 heavy (non-hydrogen) atoms. The summed E-state index contributed by atoms with van der Waals surface area (Å²) < 4.78 is 13.8. The molecule has 0 spiro atoms. The molecule has 1 aliphatic carbocycles. The molecule has 2 rings (SSSR count). The topological polar surface area (TPSA) is 38.0 Å². The van der Waals surface area contributed by atoms with Crippen molar-refractivity contribution in [2.75, 3.05) is 13.1 Å². The van der Waals surface area contributed by atoms with Crippen LogP contribution in [0.1, 0.15) is 37.3 Å². The highest BCUT2D eigenvalue weighted by Crippen LogP contribution is 2.22. The first-order valence-corrected chi connectivity index (χ1v) is 7.15.